The lowest BCUT2D eigenvalue weighted by molar-refractivity contribution is 0.122. The zero-order valence-corrected chi connectivity index (χ0v) is 23.7. The molecule has 212 valence electrons. The number of rotatable bonds is 3. The molecular formula is C38H30FNO3. The monoisotopic (exact) mass is 567 g/mol. The Morgan fingerprint density at radius 2 is 1.77 bits per heavy atom. The molecular weight excluding hydrogens is 537 g/mol. The first kappa shape index (κ1) is 24.9. The van der Waals surface area contributed by atoms with Crippen LogP contribution in [0.2, 0.25) is 0 Å². The third-order valence-electron chi connectivity index (χ3n) is 9.78. The summed E-state index contributed by atoms with van der Waals surface area (Å²) in [5, 5.41) is 3.36. The highest BCUT2D eigenvalue weighted by atomic mass is 19.1. The van der Waals surface area contributed by atoms with Crippen LogP contribution in [0.25, 0.3) is 28.7 Å². The van der Waals surface area contributed by atoms with E-state index in [1.165, 1.54) is 27.6 Å². The smallest absolute Gasteiger partial charge is 0.146 e. The molecule has 3 aliphatic carbocycles. The standard InChI is InChI=1S/C38H30FNO3/c39-32-10-4-3-9-31(32)38(25-11-13-26(14-12-25)40-17-20-41-21-18-40)16-15-33-30(23-38)35-34-27-7-2-1-6-24(27)22-29(34)36-28(37(35)43-33)8-5-19-42-36/h1-6,8-16,19H,7,17-18,20-23H2. The van der Waals surface area contributed by atoms with Gasteiger partial charge in [-0.2, -0.15) is 0 Å². The summed E-state index contributed by atoms with van der Waals surface area (Å²) in [5.74, 6) is 1.53. The van der Waals surface area contributed by atoms with E-state index in [0.717, 1.165) is 78.0 Å². The van der Waals surface area contributed by atoms with Crippen molar-refractivity contribution < 1.29 is 18.3 Å². The summed E-state index contributed by atoms with van der Waals surface area (Å²) in [5.41, 5.74) is 8.08. The van der Waals surface area contributed by atoms with Gasteiger partial charge in [-0.25, -0.2) is 4.39 Å². The van der Waals surface area contributed by atoms with Crippen LogP contribution in [0, 0.1) is 5.82 Å². The van der Waals surface area contributed by atoms with Gasteiger partial charge >= 0.3 is 0 Å². The maximum absolute atomic E-state index is 15.8. The van der Waals surface area contributed by atoms with Crippen LogP contribution in [0.5, 0.6) is 5.75 Å². The Balaban J connectivity index is 1.29. The van der Waals surface area contributed by atoms with Crippen molar-refractivity contribution in [2.24, 2.45) is 0 Å². The van der Waals surface area contributed by atoms with Gasteiger partial charge in [0.25, 0.3) is 0 Å². The second kappa shape index (κ2) is 9.45. The van der Waals surface area contributed by atoms with Crippen molar-refractivity contribution in [1.29, 1.82) is 0 Å². The SMILES string of the molecule is Fc1ccccc1C1(c2ccc(N3CCOCC3)cc2)C=Cc2oc3c4c(c5c(c3c2C1)=C1CC=CC=C1C5)OC=CC=4. The summed E-state index contributed by atoms with van der Waals surface area (Å²) in [6, 6.07) is 15.9. The van der Waals surface area contributed by atoms with Crippen LogP contribution in [-0.2, 0) is 23.0 Å². The number of benzene rings is 3. The normalized spacial score (nSPS) is 21.6. The second-order valence-electron chi connectivity index (χ2n) is 11.9. The summed E-state index contributed by atoms with van der Waals surface area (Å²) >= 11 is 0. The van der Waals surface area contributed by atoms with E-state index in [1.54, 1.807) is 18.4 Å². The van der Waals surface area contributed by atoms with Crippen molar-refractivity contribution in [2.45, 2.75) is 24.7 Å². The molecule has 43 heavy (non-hydrogen) atoms. The van der Waals surface area contributed by atoms with E-state index in [2.05, 4.69) is 65.6 Å². The molecule has 0 radical (unpaired) electrons. The second-order valence-corrected chi connectivity index (χ2v) is 11.9. The predicted octanol–water partition coefficient (Wildman–Crippen LogP) is 6.24. The molecule has 4 nitrogen and oxygen atoms in total. The molecule has 3 heterocycles. The maximum atomic E-state index is 15.8. The summed E-state index contributed by atoms with van der Waals surface area (Å²) in [6.07, 6.45) is 18.9. The quantitative estimate of drug-likeness (QED) is 0.294. The van der Waals surface area contributed by atoms with Crippen LogP contribution < -0.4 is 20.1 Å². The molecule has 5 aliphatic rings. The first-order valence-electron chi connectivity index (χ1n) is 15.1. The molecule has 0 amide bonds. The summed E-state index contributed by atoms with van der Waals surface area (Å²) < 4.78 is 34.2. The van der Waals surface area contributed by atoms with Crippen molar-refractivity contribution in [3.05, 3.63) is 135 Å². The number of hydrogen-bond acceptors (Lipinski definition) is 4. The molecule has 1 fully saturated rings. The highest BCUT2D eigenvalue weighted by molar-refractivity contribution is 5.95. The molecule has 0 spiro atoms. The van der Waals surface area contributed by atoms with Gasteiger partial charge in [-0.1, -0.05) is 54.6 Å². The fourth-order valence-corrected chi connectivity index (χ4v) is 7.74. The average Bonchev–Trinajstić information content (AvgIpc) is 3.64. The van der Waals surface area contributed by atoms with Crippen molar-refractivity contribution in [1.82, 2.24) is 0 Å². The molecule has 1 saturated heterocycles. The lowest BCUT2D eigenvalue weighted by atomic mass is 9.67. The summed E-state index contributed by atoms with van der Waals surface area (Å²) in [4.78, 5) is 2.35. The molecule has 0 N–H and O–H groups in total. The third-order valence-corrected chi connectivity index (χ3v) is 9.78. The van der Waals surface area contributed by atoms with Crippen LogP contribution in [0.15, 0.2) is 95.2 Å². The number of allylic oxidation sites excluding steroid dienone is 6. The Labute approximate surface area is 249 Å². The van der Waals surface area contributed by atoms with Gasteiger partial charge in [0.2, 0.25) is 0 Å². The topological polar surface area (TPSA) is 34.8 Å². The highest BCUT2D eigenvalue weighted by Gasteiger charge is 2.40. The van der Waals surface area contributed by atoms with Crippen LogP contribution in [0.3, 0.4) is 0 Å². The van der Waals surface area contributed by atoms with Gasteiger partial charge in [0.05, 0.1) is 24.7 Å². The van der Waals surface area contributed by atoms with E-state index in [9.17, 15) is 0 Å². The van der Waals surface area contributed by atoms with E-state index < -0.39 is 5.41 Å². The summed E-state index contributed by atoms with van der Waals surface area (Å²) in [6.45, 7) is 3.21. The lowest BCUT2D eigenvalue weighted by Crippen LogP contribution is -2.36. The highest BCUT2D eigenvalue weighted by Crippen LogP contribution is 2.46. The maximum Gasteiger partial charge on any atom is 0.146 e. The molecule has 2 aliphatic heterocycles. The van der Waals surface area contributed by atoms with Gasteiger partial charge in [0.1, 0.15) is 22.9 Å². The molecule has 3 aromatic carbocycles. The minimum atomic E-state index is -0.698. The molecule has 0 bridgehead atoms. The van der Waals surface area contributed by atoms with Gasteiger partial charge < -0.3 is 18.8 Å². The Kier molecular flexibility index (Phi) is 5.48. The van der Waals surface area contributed by atoms with Crippen LogP contribution in [0.1, 0.15) is 34.4 Å². The number of hydrogen-bond donors (Lipinski definition) is 0. The van der Waals surface area contributed by atoms with Gasteiger partial charge in [-0.3, -0.25) is 0 Å². The minimum Gasteiger partial charge on any atom is -0.464 e. The zero-order chi connectivity index (χ0) is 28.5. The Bertz CT molecular complexity index is 2070. The molecule has 4 aromatic rings. The van der Waals surface area contributed by atoms with Gasteiger partial charge in [0.15, 0.2) is 0 Å². The molecule has 1 atom stereocenters. The Hall–Kier alpha value is -4.61. The fraction of sp³-hybridized carbons (Fsp3) is 0.211. The van der Waals surface area contributed by atoms with Crippen molar-refractivity contribution in [3.63, 3.8) is 0 Å². The number of anilines is 1. The zero-order valence-electron chi connectivity index (χ0n) is 23.7. The fourth-order valence-electron chi connectivity index (χ4n) is 7.74. The number of furan rings is 1. The number of fused-ring (bicyclic) bond motifs is 9. The number of halogens is 1. The first-order chi connectivity index (χ1) is 21.2. The van der Waals surface area contributed by atoms with Crippen molar-refractivity contribution >= 4 is 34.4 Å². The average molecular weight is 568 g/mol. The molecule has 0 saturated carbocycles. The van der Waals surface area contributed by atoms with Crippen LogP contribution in [-0.4, -0.2) is 26.3 Å². The van der Waals surface area contributed by atoms with E-state index in [4.69, 9.17) is 13.9 Å². The molecule has 1 unspecified atom stereocenters. The van der Waals surface area contributed by atoms with E-state index in [0.29, 0.717) is 12.0 Å². The van der Waals surface area contributed by atoms with Gasteiger partial charge in [0, 0.05) is 52.7 Å². The van der Waals surface area contributed by atoms with Crippen molar-refractivity contribution in [2.75, 3.05) is 31.2 Å². The Morgan fingerprint density at radius 1 is 0.907 bits per heavy atom. The Morgan fingerprint density at radius 3 is 2.63 bits per heavy atom. The largest absolute Gasteiger partial charge is 0.464 e. The van der Waals surface area contributed by atoms with E-state index >= 15 is 4.39 Å². The first-order valence-corrected chi connectivity index (χ1v) is 15.1. The molecule has 1 aromatic heterocycles. The minimum absolute atomic E-state index is 0.202. The summed E-state index contributed by atoms with van der Waals surface area (Å²) in [7, 11) is 0. The van der Waals surface area contributed by atoms with Crippen molar-refractivity contribution in [3.8, 4) is 5.75 Å². The number of nitrogens with zero attached hydrogens (tertiary/aromatic N) is 1. The predicted molar refractivity (Wildman–Crippen MR) is 168 cm³/mol. The number of ether oxygens (including phenoxy) is 2. The van der Waals surface area contributed by atoms with Gasteiger partial charge in [-0.15, -0.1) is 0 Å². The molecule has 9 rings (SSSR count). The van der Waals surface area contributed by atoms with Gasteiger partial charge in [-0.05, 0) is 71.2 Å². The van der Waals surface area contributed by atoms with Crippen LogP contribution in [0.4, 0.5) is 10.1 Å². The van der Waals surface area contributed by atoms with E-state index in [1.807, 2.05) is 18.2 Å². The molecule has 5 heteroatoms. The third kappa shape index (κ3) is 3.64. The number of morpholine rings is 1. The lowest BCUT2D eigenvalue weighted by Gasteiger charge is -2.35. The van der Waals surface area contributed by atoms with E-state index in [-0.39, 0.29) is 5.82 Å². The van der Waals surface area contributed by atoms with Crippen LogP contribution >= 0.6 is 0 Å².